The summed E-state index contributed by atoms with van der Waals surface area (Å²) in [4.78, 5) is 18.7. The van der Waals surface area contributed by atoms with E-state index in [4.69, 9.17) is 5.73 Å². The third-order valence-corrected chi connectivity index (χ3v) is 4.23. The molecule has 0 spiro atoms. The first-order valence-electron chi connectivity index (χ1n) is 7.98. The van der Waals surface area contributed by atoms with Gasteiger partial charge >= 0.3 is 0 Å². The van der Waals surface area contributed by atoms with Gasteiger partial charge in [-0.1, -0.05) is 6.07 Å². The molecule has 23 heavy (non-hydrogen) atoms. The number of nitrogens with one attached hydrogen (secondary N) is 1. The van der Waals surface area contributed by atoms with Crippen molar-refractivity contribution in [1.82, 2.24) is 15.2 Å². The van der Waals surface area contributed by atoms with E-state index < -0.39 is 0 Å². The minimum Gasteiger partial charge on any atom is -0.399 e. The van der Waals surface area contributed by atoms with Crippen molar-refractivity contribution in [2.24, 2.45) is 0 Å². The molecule has 0 bridgehead atoms. The molecule has 120 valence electrons. The summed E-state index contributed by atoms with van der Waals surface area (Å²) >= 11 is 0. The van der Waals surface area contributed by atoms with E-state index in [-0.39, 0.29) is 11.9 Å². The van der Waals surface area contributed by atoms with E-state index in [1.165, 1.54) is 5.56 Å². The minimum absolute atomic E-state index is 0.0371. The smallest absolute Gasteiger partial charge is 0.251 e. The Kier molecular flexibility index (Phi) is 4.88. The van der Waals surface area contributed by atoms with E-state index in [2.05, 4.69) is 15.2 Å². The second kappa shape index (κ2) is 7.24. The lowest BCUT2D eigenvalue weighted by atomic mass is 10.0. The predicted molar refractivity (Wildman–Crippen MR) is 90.9 cm³/mol. The number of nitrogen functional groups attached to an aromatic ring is 1. The average Bonchev–Trinajstić information content (AvgIpc) is 2.57. The first-order valence-corrected chi connectivity index (χ1v) is 7.98. The second-order valence-electron chi connectivity index (χ2n) is 6.00. The first kappa shape index (κ1) is 15.5. The van der Waals surface area contributed by atoms with Crippen LogP contribution >= 0.6 is 0 Å². The van der Waals surface area contributed by atoms with Crippen LogP contribution in [-0.2, 0) is 6.54 Å². The Morgan fingerprint density at radius 2 is 1.96 bits per heavy atom. The summed E-state index contributed by atoms with van der Waals surface area (Å²) in [5, 5.41) is 3.12. The Morgan fingerprint density at radius 1 is 1.22 bits per heavy atom. The molecule has 2 heterocycles. The Bertz CT molecular complexity index is 651. The van der Waals surface area contributed by atoms with E-state index in [1.807, 2.05) is 30.6 Å². The van der Waals surface area contributed by atoms with E-state index >= 15 is 0 Å². The zero-order valence-corrected chi connectivity index (χ0v) is 13.1. The summed E-state index contributed by atoms with van der Waals surface area (Å²) in [6.07, 6.45) is 5.60. The monoisotopic (exact) mass is 310 g/mol. The second-order valence-corrected chi connectivity index (χ2v) is 6.00. The molecule has 0 atom stereocenters. The summed E-state index contributed by atoms with van der Waals surface area (Å²) in [7, 11) is 0. The number of carbonyl (C=O) groups excluding carboxylic acids is 1. The van der Waals surface area contributed by atoms with Crippen LogP contribution in [0.2, 0.25) is 0 Å². The number of nitrogens with zero attached hydrogens (tertiary/aromatic N) is 2. The molecular weight excluding hydrogens is 288 g/mol. The van der Waals surface area contributed by atoms with Gasteiger partial charge in [0.2, 0.25) is 0 Å². The van der Waals surface area contributed by atoms with Gasteiger partial charge in [0.1, 0.15) is 0 Å². The van der Waals surface area contributed by atoms with E-state index in [1.54, 1.807) is 18.2 Å². The fourth-order valence-electron chi connectivity index (χ4n) is 2.93. The molecule has 1 aliphatic rings. The van der Waals surface area contributed by atoms with E-state index in [0.29, 0.717) is 11.3 Å². The van der Waals surface area contributed by atoms with Crippen molar-refractivity contribution in [3.63, 3.8) is 0 Å². The highest BCUT2D eigenvalue weighted by Crippen LogP contribution is 2.14. The maximum Gasteiger partial charge on any atom is 0.251 e. The number of aromatic nitrogens is 1. The lowest BCUT2D eigenvalue weighted by molar-refractivity contribution is 0.0909. The number of likely N-dealkylation sites (tertiary alicyclic amines) is 1. The lowest BCUT2D eigenvalue weighted by Crippen LogP contribution is -2.44. The maximum atomic E-state index is 12.3. The van der Waals surface area contributed by atoms with Crippen molar-refractivity contribution < 1.29 is 4.79 Å². The number of pyridine rings is 1. The molecule has 3 rings (SSSR count). The summed E-state index contributed by atoms with van der Waals surface area (Å²) in [5.41, 5.74) is 8.25. The molecule has 2 aromatic rings. The molecule has 1 amide bonds. The molecule has 0 unspecified atom stereocenters. The van der Waals surface area contributed by atoms with Gasteiger partial charge in [-0.25, -0.2) is 0 Å². The Balaban J connectivity index is 1.48. The third kappa shape index (κ3) is 4.29. The summed E-state index contributed by atoms with van der Waals surface area (Å²) < 4.78 is 0. The van der Waals surface area contributed by atoms with Crippen molar-refractivity contribution in [3.05, 3.63) is 59.9 Å². The number of amides is 1. The number of benzene rings is 1. The van der Waals surface area contributed by atoms with Gasteiger partial charge in [-0.3, -0.25) is 14.7 Å². The molecule has 0 saturated carbocycles. The zero-order chi connectivity index (χ0) is 16.1. The molecule has 1 saturated heterocycles. The Hall–Kier alpha value is -2.40. The lowest BCUT2D eigenvalue weighted by Gasteiger charge is -2.32. The van der Waals surface area contributed by atoms with Gasteiger partial charge in [-0.2, -0.15) is 0 Å². The molecule has 1 fully saturated rings. The van der Waals surface area contributed by atoms with E-state index in [0.717, 1.165) is 32.5 Å². The summed E-state index contributed by atoms with van der Waals surface area (Å²) in [5.74, 6) is -0.0371. The van der Waals surface area contributed by atoms with Gasteiger partial charge in [0, 0.05) is 49.3 Å². The molecule has 1 aromatic heterocycles. The summed E-state index contributed by atoms with van der Waals surface area (Å²) in [6.45, 7) is 2.92. The van der Waals surface area contributed by atoms with Gasteiger partial charge in [-0.05, 0) is 48.7 Å². The Labute approximate surface area is 136 Å². The number of nitrogens with two attached hydrogens (primary N) is 1. The topological polar surface area (TPSA) is 71.2 Å². The van der Waals surface area contributed by atoms with Crippen LogP contribution in [0.5, 0.6) is 0 Å². The highest BCUT2D eigenvalue weighted by molar-refractivity contribution is 5.95. The van der Waals surface area contributed by atoms with Crippen LogP contribution in [0.4, 0.5) is 5.69 Å². The van der Waals surface area contributed by atoms with Crippen molar-refractivity contribution in [2.45, 2.75) is 25.4 Å². The highest BCUT2D eigenvalue weighted by Gasteiger charge is 2.21. The van der Waals surface area contributed by atoms with Gasteiger partial charge in [0.25, 0.3) is 5.91 Å². The quantitative estimate of drug-likeness (QED) is 0.848. The van der Waals surface area contributed by atoms with Crippen molar-refractivity contribution in [3.8, 4) is 0 Å². The van der Waals surface area contributed by atoms with Crippen molar-refractivity contribution in [1.29, 1.82) is 0 Å². The standard InChI is InChI=1S/C18H22N4O/c19-16-3-1-2-15(12-16)18(23)21-17-6-10-22(11-7-17)13-14-4-8-20-9-5-14/h1-5,8-9,12,17H,6-7,10-11,13,19H2,(H,21,23). The number of hydrogen-bond acceptors (Lipinski definition) is 4. The number of hydrogen-bond donors (Lipinski definition) is 2. The van der Waals surface area contributed by atoms with Crippen LogP contribution in [0.15, 0.2) is 48.8 Å². The third-order valence-electron chi connectivity index (χ3n) is 4.23. The molecule has 1 aromatic carbocycles. The van der Waals surface area contributed by atoms with Crippen LogP contribution in [-0.4, -0.2) is 34.9 Å². The molecule has 3 N–H and O–H groups in total. The van der Waals surface area contributed by atoms with Crippen LogP contribution in [0.1, 0.15) is 28.8 Å². The van der Waals surface area contributed by atoms with Crippen molar-refractivity contribution >= 4 is 11.6 Å². The molecule has 0 aliphatic carbocycles. The average molecular weight is 310 g/mol. The van der Waals surface area contributed by atoms with Crippen LogP contribution in [0.3, 0.4) is 0 Å². The van der Waals surface area contributed by atoms with E-state index in [9.17, 15) is 4.79 Å². The molecule has 5 nitrogen and oxygen atoms in total. The zero-order valence-electron chi connectivity index (χ0n) is 13.1. The maximum absolute atomic E-state index is 12.3. The van der Waals surface area contributed by atoms with Crippen LogP contribution in [0.25, 0.3) is 0 Å². The molecule has 0 radical (unpaired) electrons. The fourth-order valence-corrected chi connectivity index (χ4v) is 2.93. The number of rotatable bonds is 4. The number of anilines is 1. The van der Waals surface area contributed by atoms with Gasteiger partial charge in [-0.15, -0.1) is 0 Å². The van der Waals surface area contributed by atoms with Crippen LogP contribution < -0.4 is 11.1 Å². The number of carbonyl (C=O) groups is 1. The normalized spacial score (nSPS) is 16.2. The van der Waals surface area contributed by atoms with Crippen molar-refractivity contribution in [2.75, 3.05) is 18.8 Å². The molecule has 5 heteroatoms. The van der Waals surface area contributed by atoms with Crippen LogP contribution in [0, 0.1) is 0 Å². The van der Waals surface area contributed by atoms with Gasteiger partial charge in [0.15, 0.2) is 0 Å². The van der Waals surface area contributed by atoms with Gasteiger partial charge < -0.3 is 11.1 Å². The number of piperidine rings is 1. The highest BCUT2D eigenvalue weighted by atomic mass is 16.1. The Morgan fingerprint density at radius 3 is 2.65 bits per heavy atom. The predicted octanol–water partition coefficient (Wildman–Crippen LogP) is 2.06. The van der Waals surface area contributed by atoms with Gasteiger partial charge in [0.05, 0.1) is 0 Å². The molecule has 1 aliphatic heterocycles. The summed E-state index contributed by atoms with van der Waals surface area (Å²) in [6, 6.07) is 11.4. The largest absolute Gasteiger partial charge is 0.399 e. The minimum atomic E-state index is -0.0371. The fraction of sp³-hybridized carbons (Fsp3) is 0.333. The molecular formula is C18H22N4O. The first-order chi connectivity index (χ1) is 11.2. The SMILES string of the molecule is Nc1cccc(C(=O)NC2CCN(Cc3ccncc3)CC2)c1.